The van der Waals surface area contributed by atoms with E-state index in [2.05, 4.69) is 25.6 Å². The second-order valence-electron chi connectivity index (χ2n) is 10.4. The van der Waals surface area contributed by atoms with Crippen molar-refractivity contribution in [1.82, 2.24) is 19.5 Å². The number of halogens is 3. The van der Waals surface area contributed by atoms with Crippen LogP contribution in [0.15, 0.2) is 18.3 Å². The van der Waals surface area contributed by atoms with E-state index in [0.717, 1.165) is 19.3 Å². The van der Waals surface area contributed by atoms with Crippen LogP contribution in [-0.2, 0) is 4.79 Å². The second kappa shape index (κ2) is 9.81. The summed E-state index contributed by atoms with van der Waals surface area (Å²) in [5.41, 5.74) is 5.31. The van der Waals surface area contributed by atoms with E-state index >= 15 is 0 Å². The number of carbonyl (C=O) groups excluding carboxylic acids is 1. The Morgan fingerprint density at radius 1 is 1.14 bits per heavy atom. The quantitative estimate of drug-likeness (QED) is 0.383. The predicted octanol–water partition coefficient (Wildman–Crippen LogP) is 4.31. The average molecular weight is 518 g/mol. The van der Waals surface area contributed by atoms with Gasteiger partial charge in [-0.25, -0.2) is 23.1 Å². The first-order chi connectivity index (χ1) is 17.6. The first-order valence-corrected chi connectivity index (χ1v) is 12.5. The zero-order valence-electron chi connectivity index (χ0n) is 20.5. The Kier molecular flexibility index (Phi) is 6.69. The molecule has 2 heterocycles. The zero-order chi connectivity index (χ0) is 26.3. The van der Waals surface area contributed by atoms with E-state index in [4.69, 9.17) is 5.73 Å². The predicted molar refractivity (Wildman–Crippen MR) is 132 cm³/mol. The van der Waals surface area contributed by atoms with E-state index in [9.17, 15) is 23.1 Å². The standard InChI is InChI=1S/C25H30F3N7O2/c1-25(22(29)37)7-5-15(6-8-25)35-21-19(12-30-23(34-21)31-14-3-2-4-16(36)11-14)32-24(35)33-20-17(27)9-13(26)10-18(20)28/h9-10,12,14-16,36H,2-8,11H2,1H3,(H2,29,37)(H,32,33)(H,30,31,34)/t14-,15?,16-,25?/m1/s1. The first kappa shape index (κ1) is 25.2. The van der Waals surface area contributed by atoms with Crippen LogP contribution in [0.1, 0.15) is 64.3 Å². The van der Waals surface area contributed by atoms with Gasteiger partial charge in [-0.1, -0.05) is 6.92 Å². The highest BCUT2D eigenvalue weighted by molar-refractivity contribution is 5.80. The molecule has 2 aromatic heterocycles. The number of aliphatic hydroxyl groups excluding tert-OH is 1. The monoisotopic (exact) mass is 517 g/mol. The molecule has 2 saturated carbocycles. The average Bonchev–Trinajstić information content (AvgIpc) is 3.19. The number of carbonyl (C=O) groups is 1. The Labute approximate surface area is 211 Å². The fraction of sp³-hybridized carbons (Fsp3) is 0.520. The van der Waals surface area contributed by atoms with Gasteiger partial charge < -0.3 is 21.5 Å². The van der Waals surface area contributed by atoms with Gasteiger partial charge in [-0.05, 0) is 51.4 Å². The maximum absolute atomic E-state index is 14.5. The van der Waals surface area contributed by atoms with Crippen LogP contribution in [0.5, 0.6) is 0 Å². The number of primary amides is 1. The highest BCUT2D eigenvalue weighted by Crippen LogP contribution is 2.43. The van der Waals surface area contributed by atoms with E-state index in [0.29, 0.717) is 61.3 Å². The van der Waals surface area contributed by atoms with Crippen molar-refractivity contribution in [3.05, 3.63) is 35.8 Å². The van der Waals surface area contributed by atoms with Crippen molar-refractivity contribution < 1.29 is 23.1 Å². The molecular weight excluding hydrogens is 487 g/mol. The molecule has 0 bridgehead atoms. The molecule has 0 radical (unpaired) electrons. The fourth-order valence-corrected chi connectivity index (χ4v) is 5.39. The van der Waals surface area contributed by atoms with E-state index in [1.54, 1.807) is 4.57 Å². The Morgan fingerprint density at radius 2 is 1.84 bits per heavy atom. The van der Waals surface area contributed by atoms with Crippen molar-refractivity contribution in [2.75, 3.05) is 10.6 Å². The van der Waals surface area contributed by atoms with Crippen molar-refractivity contribution in [3.63, 3.8) is 0 Å². The third-order valence-corrected chi connectivity index (χ3v) is 7.67. The number of benzene rings is 1. The maximum Gasteiger partial charge on any atom is 0.224 e. The summed E-state index contributed by atoms with van der Waals surface area (Å²) in [6, 6.07) is 1.02. The Morgan fingerprint density at radius 3 is 2.49 bits per heavy atom. The Hall–Kier alpha value is -3.41. The van der Waals surface area contributed by atoms with Gasteiger partial charge in [0.15, 0.2) is 17.3 Å². The van der Waals surface area contributed by atoms with Gasteiger partial charge in [0.25, 0.3) is 0 Å². The lowest BCUT2D eigenvalue weighted by atomic mass is 9.73. The largest absolute Gasteiger partial charge is 0.393 e. The number of amides is 1. The molecule has 198 valence electrons. The van der Waals surface area contributed by atoms with Crippen LogP contribution in [0, 0.1) is 22.9 Å². The van der Waals surface area contributed by atoms with Gasteiger partial charge in [0.2, 0.25) is 17.8 Å². The minimum atomic E-state index is -1.09. The van der Waals surface area contributed by atoms with Crippen LogP contribution in [-0.4, -0.2) is 42.7 Å². The molecule has 1 amide bonds. The second-order valence-corrected chi connectivity index (χ2v) is 10.4. The molecule has 2 aliphatic rings. The minimum Gasteiger partial charge on any atom is -0.393 e. The van der Waals surface area contributed by atoms with Crippen molar-refractivity contribution >= 4 is 34.7 Å². The number of nitrogens with zero attached hydrogens (tertiary/aromatic N) is 4. The molecule has 2 fully saturated rings. The van der Waals surface area contributed by atoms with Crippen LogP contribution >= 0.6 is 0 Å². The number of nitrogens with one attached hydrogen (secondary N) is 2. The number of hydrogen-bond acceptors (Lipinski definition) is 7. The summed E-state index contributed by atoms with van der Waals surface area (Å²) in [4.78, 5) is 25.5. The highest BCUT2D eigenvalue weighted by atomic mass is 19.1. The van der Waals surface area contributed by atoms with Gasteiger partial charge in [-0.3, -0.25) is 9.36 Å². The molecule has 5 rings (SSSR count). The van der Waals surface area contributed by atoms with Gasteiger partial charge in [-0.2, -0.15) is 4.98 Å². The number of anilines is 3. The lowest BCUT2D eigenvalue weighted by Gasteiger charge is -2.35. The molecule has 0 unspecified atom stereocenters. The van der Waals surface area contributed by atoms with Gasteiger partial charge in [0.1, 0.15) is 17.0 Å². The summed E-state index contributed by atoms with van der Waals surface area (Å²) >= 11 is 0. The Bertz CT molecular complexity index is 1300. The summed E-state index contributed by atoms with van der Waals surface area (Å²) in [5.74, 6) is -3.08. The van der Waals surface area contributed by atoms with E-state index in [1.165, 1.54) is 6.20 Å². The number of nitrogens with two attached hydrogens (primary N) is 1. The first-order valence-electron chi connectivity index (χ1n) is 12.5. The summed E-state index contributed by atoms with van der Waals surface area (Å²) in [6.07, 6.45) is 6.46. The van der Waals surface area contributed by atoms with Crippen LogP contribution in [0.4, 0.5) is 30.8 Å². The summed E-state index contributed by atoms with van der Waals surface area (Å²) < 4.78 is 44.2. The molecule has 2 aliphatic carbocycles. The molecule has 5 N–H and O–H groups in total. The lowest BCUT2D eigenvalue weighted by Crippen LogP contribution is -2.38. The van der Waals surface area contributed by atoms with Crippen LogP contribution in [0.2, 0.25) is 0 Å². The summed E-state index contributed by atoms with van der Waals surface area (Å²) in [7, 11) is 0. The Balaban J connectivity index is 1.52. The number of aliphatic hydroxyl groups is 1. The van der Waals surface area contributed by atoms with Crippen LogP contribution in [0.25, 0.3) is 11.2 Å². The van der Waals surface area contributed by atoms with Crippen LogP contribution in [0.3, 0.4) is 0 Å². The van der Waals surface area contributed by atoms with Gasteiger partial charge in [0, 0.05) is 29.6 Å². The molecule has 0 aliphatic heterocycles. The normalized spacial score (nSPS) is 26.2. The summed E-state index contributed by atoms with van der Waals surface area (Å²) in [5, 5.41) is 16.0. The highest BCUT2D eigenvalue weighted by Gasteiger charge is 2.38. The molecule has 0 saturated heterocycles. The number of rotatable bonds is 6. The summed E-state index contributed by atoms with van der Waals surface area (Å²) in [6.45, 7) is 1.84. The lowest BCUT2D eigenvalue weighted by molar-refractivity contribution is -0.128. The van der Waals surface area contributed by atoms with Gasteiger partial charge >= 0.3 is 0 Å². The fourth-order valence-electron chi connectivity index (χ4n) is 5.39. The number of aromatic nitrogens is 4. The van der Waals surface area contributed by atoms with Crippen LogP contribution < -0.4 is 16.4 Å². The SMILES string of the molecule is CC1(C(N)=O)CCC(n2c(Nc3c(F)cc(F)cc3F)nc3cnc(N[C@@H]4CCC[C@@H](O)C4)nc32)CC1. The van der Waals surface area contributed by atoms with E-state index in [-0.39, 0.29) is 30.0 Å². The molecule has 37 heavy (non-hydrogen) atoms. The molecule has 1 aromatic carbocycles. The topological polar surface area (TPSA) is 131 Å². The zero-order valence-corrected chi connectivity index (χ0v) is 20.5. The van der Waals surface area contributed by atoms with Crippen molar-refractivity contribution in [1.29, 1.82) is 0 Å². The maximum atomic E-state index is 14.5. The van der Waals surface area contributed by atoms with Gasteiger partial charge in [-0.15, -0.1) is 0 Å². The molecular formula is C25H30F3N7O2. The minimum absolute atomic E-state index is 0.0172. The van der Waals surface area contributed by atoms with Gasteiger partial charge in [0.05, 0.1) is 12.3 Å². The van der Waals surface area contributed by atoms with Crippen molar-refractivity contribution in [3.8, 4) is 0 Å². The van der Waals surface area contributed by atoms with Crippen molar-refractivity contribution in [2.24, 2.45) is 11.1 Å². The van der Waals surface area contributed by atoms with E-state index < -0.39 is 28.6 Å². The molecule has 12 heteroatoms. The molecule has 9 nitrogen and oxygen atoms in total. The number of fused-ring (bicyclic) bond motifs is 1. The molecule has 2 atom stereocenters. The van der Waals surface area contributed by atoms with E-state index in [1.807, 2.05) is 6.92 Å². The number of hydrogen-bond donors (Lipinski definition) is 4. The van der Waals surface area contributed by atoms with Crippen molar-refractivity contribution in [2.45, 2.75) is 76.5 Å². The number of imidazole rings is 1. The smallest absolute Gasteiger partial charge is 0.224 e. The molecule has 3 aromatic rings. The third-order valence-electron chi connectivity index (χ3n) is 7.67. The third kappa shape index (κ3) is 5.07. The molecule has 0 spiro atoms.